The molecule has 0 spiro atoms. The number of amides is 2. The lowest BCUT2D eigenvalue weighted by atomic mass is 10.0. The third-order valence-electron chi connectivity index (χ3n) is 7.61. The number of sulfonamides is 1. The lowest BCUT2D eigenvalue weighted by molar-refractivity contribution is -0.140. The van der Waals surface area contributed by atoms with Crippen LogP contribution < -0.4 is 9.62 Å². The SMILES string of the molecule is CCCCNC(=O)[C@H](Cc1ccccc1)N(Cc1ccccc1F)C(=O)CN(c1ccc(C)cc1)S(=O)(=O)c1ccc(C)cc1. The molecule has 0 saturated heterocycles. The van der Waals surface area contributed by atoms with Crippen molar-refractivity contribution < 1.29 is 22.4 Å². The summed E-state index contributed by atoms with van der Waals surface area (Å²) in [5.74, 6) is -1.55. The molecule has 45 heavy (non-hydrogen) atoms. The van der Waals surface area contributed by atoms with Gasteiger partial charge in [-0.05, 0) is 56.2 Å². The van der Waals surface area contributed by atoms with E-state index in [9.17, 15) is 18.0 Å². The average molecular weight is 630 g/mol. The third kappa shape index (κ3) is 8.79. The molecule has 0 aliphatic heterocycles. The van der Waals surface area contributed by atoms with Crippen LogP contribution >= 0.6 is 0 Å². The summed E-state index contributed by atoms with van der Waals surface area (Å²) in [5, 5.41) is 2.93. The van der Waals surface area contributed by atoms with Gasteiger partial charge >= 0.3 is 0 Å². The summed E-state index contributed by atoms with van der Waals surface area (Å²) >= 11 is 0. The molecule has 1 atom stereocenters. The van der Waals surface area contributed by atoms with Gasteiger partial charge in [0.2, 0.25) is 11.8 Å². The summed E-state index contributed by atoms with van der Waals surface area (Å²) in [6.07, 6.45) is 1.78. The monoisotopic (exact) mass is 629 g/mol. The third-order valence-corrected chi connectivity index (χ3v) is 9.40. The summed E-state index contributed by atoms with van der Waals surface area (Å²) in [5.41, 5.74) is 3.13. The Labute approximate surface area is 265 Å². The van der Waals surface area contributed by atoms with Crippen LogP contribution in [0.3, 0.4) is 0 Å². The van der Waals surface area contributed by atoms with Crippen LogP contribution in [0.25, 0.3) is 0 Å². The molecular formula is C36H40FN3O4S. The largest absolute Gasteiger partial charge is 0.354 e. The highest BCUT2D eigenvalue weighted by atomic mass is 32.2. The van der Waals surface area contributed by atoms with Crippen molar-refractivity contribution in [2.75, 3.05) is 17.4 Å². The van der Waals surface area contributed by atoms with Crippen LogP contribution in [-0.2, 0) is 32.6 Å². The Bertz CT molecular complexity index is 1680. The van der Waals surface area contributed by atoms with Gasteiger partial charge < -0.3 is 10.2 Å². The van der Waals surface area contributed by atoms with Crippen LogP contribution in [0.2, 0.25) is 0 Å². The highest BCUT2D eigenvalue weighted by molar-refractivity contribution is 7.92. The maximum absolute atomic E-state index is 15.0. The summed E-state index contributed by atoms with van der Waals surface area (Å²) < 4.78 is 44.2. The summed E-state index contributed by atoms with van der Waals surface area (Å²) in [6, 6.07) is 27.6. The Morgan fingerprint density at radius 3 is 2.04 bits per heavy atom. The molecule has 236 valence electrons. The number of carbonyl (C=O) groups is 2. The van der Waals surface area contributed by atoms with Gasteiger partial charge in [-0.3, -0.25) is 13.9 Å². The number of rotatable bonds is 14. The van der Waals surface area contributed by atoms with Gasteiger partial charge in [0.1, 0.15) is 18.4 Å². The van der Waals surface area contributed by atoms with Gasteiger partial charge in [-0.25, -0.2) is 12.8 Å². The van der Waals surface area contributed by atoms with Crippen LogP contribution in [0.15, 0.2) is 108 Å². The summed E-state index contributed by atoms with van der Waals surface area (Å²) in [4.78, 5) is 29.5. The quantitative estimate of drug-likeness (QED) is 0.169. The van der Waals surface area contributed by atoms with Gasteiger partial charge in [0.05, 0.1) is 10.6 Å². The van der Waals surface area contributed by atoms with Gasteiger partial charge in [0, 0.05) is 25.1 Å². The summed E-state index contributed by atoms with van der Waals surface area (Å²) in [6.45, 7) is 5.35. The van der Waals surface area contributed by atoms with E-state index >= 15 is 4.39 Å². The zero-order valence-electron chi connectivity index (χ0n) is 25.9. The van der Waals surface area contributed by atoms with E-state index in [0.717, 1.165) is 33.8 Å². The number of nitrogens with zero attached hydrogens (tertiary/aromatic N) is 2. The molecule has 9 heteroatoms. The van der Waals surface area contributed by atoms with Gasteiger partial charge in [-0.1, -0.05) is 97.3 Å². The number of nitrogens with one attached hydrogen (secondary N) is 1. The second-order valence-corrected chi connectivity index (χ2v) is 13.0. The number of carbonyl (C=O) groups excluding carboxylic acids is 2. The van der Waals surface area contributed by atoms with E-state index in [1.807, 2.05) is 51.1 Å². The normalized spacial score (nSPS) is 11.9. The van der Waals surface area contributed by atoms with Crippen molar-refractivity contribution in [1.82, 2.24) is 10.2 Å². The van der Waals surface area contributed by atoms with Crippen molar-refractivity contribution in [3.05, 3.63) is 131 Å². The number of hydrogen-bond donors (Lipinski definition) is 1. The van der Waals surface area contributed by atoms with E-state index in [2.05, 4.69) is 5.32 Å². The second kappa shape index (κ2) is 15.5. The molecule has 0 radical (unpaired) electrons. The Balaban J connectivity index is 1.79. The molecule has 4 aromatic rings. The van der Waals surface area contributed by atoms with Crippen LogP contribution in [0, 0.1) is 19.7 Å². The van der Waals surface area contributed by atoms with Crippen molar-refractivity contribution in [3.8, 4) is 0 Å². The molecule has 0 aliphatic carbocycles. The molecule has 0 saturated carbocycles. The summed E-state index contributed by atoms with van der Waals surface area (Å²) in [7, 11) is -4.20. The number of anilines is 1. The van der Waals surface area contributed by atoms with E-state index in [4.69, 9.17) is 0 Å². The molecule has 0 heterocycles. The van der Waals surface area contributed by atoms with E-state index in [0.29, 0.717) is 12.2 Å². The van der Waals surface area contributed by atoms with E-state index in [1.165, 1.54) is 23.1 Å². The van der Waals surface area contributed by atoms with Crippen LogP contribution in [0.1, 0.15) is 42.0 Å². The molecule has 1 N–H and O–H groups in total. The Hall–Kier alpha value is -4.50. The minimum atomic E-state index is -4.20. The van der Waals surface area contributed by atoms with E-state index < -0.39 is 34.3 Å². The predicted octanol–water partition coefficient (Wildman–Crippen LogP) is 6.19. The molecule has 0 fully saturated rings. The molecule has 0 aromatic heterocycles. The highest BCUT2D eigenvalue weighted by Crippen LogP contribution is 2.26. The maximum Gasteiger partial charge on any atom is 0.264 e. The van der Waals surface area contributed by atoms with Crippen molar-refractivity contribution >= 4 is 27.5 Å². The molecule has 4 rings (SSSR count). The minimum Gasteiger partial charge on any atom is -0.354 e. The lowest BCUT2D eigenvalue weighted by Crippen LogP contribution is -2.53. The molecule has 0 bridgehead atoms. The van der Waals surface area contributed by atoms with Crippen molar-refractivity contribution in [3.63, 3.8) is 0 Å². The average Bonchev–Trinajstić information content (AvgIpc) is 3.03. The number of halogens is 1. The first kappa shape index (κ1) is 33.4. The molecule has 0 unspecified atom stereocenters. The van der Waals surface area contributed by atoms with Crippen molar-refractivity contribution in [2.45, 2.75) is 57.5 Å². The number of hydrogen-bond acceptors (Lipinski definition) is 4. The Morgan fingerprint density at radius 2 is 1.42 bits per heavy atom. The van der Waals surface area contributed by atoms with E-state index in [1.54, 1.807) is 54.6 Å². The predicted molar refractivity (Wildman–Crippen MR) is 176 cm³/mol. The zero-order valence-corrected chi connectivity index (χ0v) is 26.8. The lowest BCUT2D eigenvalue weighted by Gasteiger charge is -2.34. The number of unbranched alkanes of at least 4 members (excludes halogenated alkanes) is 1. The standard InChI is InChI=1S/C36H40FN3O4S/c1-4-5-23-38-36(42)34(24-29-11-7-6-8-12-29)39(25-30-13-9-10-14-33(30)37)35(41)26-40(31-19-15-27(2)16-20-31)45(43,44)32-21-17-28(3)18-22-32/h6-22,34H,4-5,23-26H2,1-3H3,(H,38,42)/t34-/m0/s1. The van der Waals surface area contributed by atoms with Gasteiger partial charge in [-0.15, -0.1) is 0 Å². The van der Waals surface area contributed by atoms with Gasteiger partial charge in [0.15, 0.2) is 0 Å². The Kier molecular flexibility index (Phi) is 11.5. The molecule has 0 aliphatic rings. The first-order valence-electron chi connectivity index (χ1n) is 15.1. The highest BCUT2D eigenvalue weighted by Gasteiger charge is 2.35. The van der Waals surface area contributed by atoms with Gasteiger partial charge in [0.25, 0.3) is 10.0 Å². The van der Waals surface area contributed by atoms with E-state index in [-0.39, 0.29) is 29.3 Å². The smallest absolute Gasteiger partial charge is 0.264 e. The molecule has 2 amide bonds. The molecular weight excluding hydrogens is 589 g/mol. The first-order valence-corrected chi connectivity index (χ1v) is 16.5. The van der Waals surface area contributed by atoms with Crippen molar-refractivity contribution in [2.24, 2.45) is 0 Å². The maximum atomic E-state index is 15.0. The molecule has 4 aromatic carbocycles. The fraction of sp³-hybridized carbons (Fsp3) is 0.278. The fourth-order valence-corrected chi connectivity index (χ4v) is 6.36. The van der Waals surface area contributed by atoms with Gasteiger partial charge in [-0.2, -0.15) is 0 Å². The van der Waals surface area contributed by atoms with Crippen LogP contribution in [0.4, 0.5) is 10.1 Å². The fourth-order valence-electron chi connectivity index (χ4n) is 4.95. The second-order valence-electron chi connectivity index (χ2n) is 11.1. The molecule has 7 nitrogen and oxygen atoms in total. The number of aryl methyl sites for hydroxylation is 2. The zero-order chi connectivity index (χ0) is 32.4. The van der Waals surface area contributed by atoms with Crippen LogP contribution in [-0.4, -0.2) is 44.3 Å². The number of benzene rings is 4. The Morgan fingerprint density at radius 1 is 0.822 bits per heavy atom. The first-order chi connectivity index (χ1) is 21.6. The van der Waals surface area contributed by atoms with Crippen LogP contribution in [0.5, 0.6) is 0 Å². The van der Waals surface area contributed by atoms with Crippen molar-refractivity contribution in [1.29, 1.82) is 0 Å². The minimum absolute atomic E-state index is 0.0280. The topological polar surface area (TPSA) is 86.8 Å².